The molecule has 0 radical (unpaired) electrons. The van der Waals surface area contributed by atoms with E-state index in [-0.39, 0.29) is 60.7 Å². The van der Waals surface area contributed by atoms with Crippen molar-refractivity contribution < 1.29 is 94.7 Å². The van der Waals surface area contributed by atoms with Gasteiger partial charge < -0.3 is 73.1 Å². The maximum Gasteiger partial charge on any atom is 0.442 e. The first-order valence-corrected chi connectivity index (χ1v) is 32.6. The Bertz CT molecular complexity index is 3950. The standard InChI is InChI=1S/C58H70N16O18S3/c1-55(2)45(65-47(77)43(37-27-93-53(61)63-37)67-89-57(5,51(81)82)41-15-11-31-17-29(9-13-39(31)87-41)33-21-69(7)71(23-33)25-35(75)19-59)49(79)73(55)91-95(85,86)92-74-50(80)46(56(74,3)4)66-48(78)44(38-28-94-54(62)64-38)68-90-58(6,52(83)84)42-16-12-32-18-30(10-14-40(32)88-42)34-22-70(8)72(24-34)26-36(76)20-60/h9-10,13-14,17-18,21-24,27-28,35-36,41-42,45-46,75-76H,11-12,15-16,19-20,25-26,59-60H2,1-8H3,(H6-2,61,62,63,64,65,66,77,78,81,82,83,84)/p+2/b67-43-,68-44-/t35-,36-,41-,42-,45-,46-,57+,58+/m1/s1. The van der Waals surface area contributed by atoms with Crippen LogP contribution in [0.5, 0.6) is 11.5 Å². The number of nitrogens with two attached hydrogens (primary N) is 4. The van der Waals surface area contributed by atoms with Crippen LogP contribution in [0.25, 0.3) is 22.3 Å². The van der Waals surface area contributed by atoms with Gasteiger partial charge in [-0.15, -0.1) is 40.6 Å². The Kier molecular flexibility index (Phi) is 18.9. The number of hydrogen-bond donors (Lipinski definition) is 10. The minimum absolute atomic E-state index is 0.0190. The number of hydroxylamine groups is 4. The summed E-state index contributed by atoms with van der Waals surface area (Å²) in [6.45, 7) is 8.41. The third-order valence-electron chi connectivity index (χ3n) is 17.0. The van der Waals surface area contributed by atoms with Gasteiger partial charge in [-0.1, -0.05) is 22.4 Å². The van der Waals surface area contributed by atoms with Crippen molar-refractivity contribution in [3.8, 4) is 33.8 Å². The van der Waals surface area contributed by atoms with Gasteiger partial charge in [0.15, 0.2) is 48.0 Å². The Morgan fingerprint density at radius 3 is 1.40 bits per heavy atom. The van der Waals surface area contributed by atoms with Crippen LogP contribution in [0.1, 0.15) is 76.9 Å². The minimum atomic E-state index is -5.40. The number of rotatable bonds is 26. The van der Waals surface area contributed by atoms with Crippen molar-refractivity contribution in [1.82, 2.24) is 40.1 Å². The zero-order chi connectivity index (χ0) is 69.0. The third-order valence-corrected chi connectivity index (χ3v) is 19.0. The number of thiazole rings is 2. The van der Waals surface area contributed by atoms with Crippen molar-refractivity contribution >= 4 is 90.3 Å². The molecule has 0 spiro atoms. The zero-order valence-electron chi connectivity index (χ0n) is 52.6. The largest absolute Gasteiger partial charge is 0.485 e. The number of carboxylic acid groups (broad SMARTS) is 2. The molecule has 8 atom stereocenters. The molecule has 6 aromatic rings. The van der Waals surface area contributed by atoms with Crippen LogP contribution in [-0.4, -0.2) is 177 Å². The SMILES string of the molecule is C[n+]1cc(-c2ccc3c(c2)CC[C@H]([C@](C)(O/N=C(\C(=O)N[C@@H]2C(=O)N(OS(=O)(=O)ON4C(=O)[C@@H](NC(=O)/C(=N\O[C@](C)(C(=O)O)[C@H]5CCc6cc(-c7cn(C[C@H](O)CN)[n+](C)c7)ccc6O5)c5csc(N)n5)C4(C)C)C2(C)C)c2csc(N)n2)C(=O)O)O3)cn1C[C@H](O)CN. The van der Waals surface area contributed by atoms with Gasteiger partial charge in [0, 0.05) is 23.8 Å². The maximum absolute atomic E-state index is 14.2. The smallest absolute Gasteiger partial charge is 0.442 e. The van der Waals surface area contributed by atoms with Crippen LogP contribution in [0.15, 0.2) is 82.3 Å². The van der Waals surface area contributed by atoms with Crippen molar-refractivity contribution in [2.24, 2.45) is 35.9 Å². The molecular formula is C58H72N16O18S3+2. The summed E-state index contributed by atoms with van der Waals surface area (Å²) >= 11 is 1.81. The van der Waals surface area contributed by atoms with Gasteiger partial charge in [0.1, 0.15) is 48.1 Å². The molecule has 2 fully saturated rings. The van der Waals surface area contributed by atoms with Crippen molar-refractivity contribution in [2.45, 2.75) is 139 Å². The number of ether oxygens (including phenoxy) is 2. The fourth-order valence-corrected chi connectivity index (χ4v) is 13.1. The average molecular weight is 1380 g/mol. The van der Waals surface area contributed by atoms with Crippen molar-refractivity contribution in [2.75, 3.05) is 24.6 Å². The number of benzene rings is 2. The second-order valence-corrected chi connectivity index (χ2v) is 27.4. The molecule has 4 aliphatic heterocycles. The van der Waals surface area contributed by atoms with Gasteiger partial charge in [0.25, 0.3) is 34.8 Å². The van der Waals surface area contributed by atoms with Crippen LogP contribution in [0.2, 0.25) is 0 Å². The molecule has 4 amide bonds. The van der Waals surface area contributed by atoms with Gasteiger partial charge in [0.2, 0.25) is 12.4 Å². The number of anilines is 2. The van der Waals surface area contributed by atoms with E-state index in [9.17, 15) is 57.6 Å². The van der Waals surface area contributed by atoms with Crippen LogP contribution >= 0.6 is 22.7 Å². The molecule has 0 bridgehead atoms. The van der Waals surface area contributed by atoms with E-state index in [2.05, 4.69) is 30.9 Å². The molecule has 508 valence electrons. The number of carbonyl (C=O) groups is 6. The molecule has 37 heteroatoms. The Morgan fingerprint density at radius 2 is 1.07 bits per heavy atom. The number of aryl methyl sites for hydroxylation is 4. The van der Waals surface area contributed by atoms with Crippen LogP contribution < -0.4 is 52.4 Å². The molecule has 4 aliphatic rings. The van der Waals surface area contributed by atoms with Crippen LogP contribution in [-0.2, 0) is 97.4 Å². The summed E-state index contributed by atoms with van der Waals surface area (Å²) < 4.78 is 57.1. The van der Waals surface area contributed by atoms with Crippen LogP contribution in [0.3, 0.4) is 0 Å². The molecule has 2 aromatic carbocycles. The summed E-state index contributed by atoms with van der Waals surface area (Å²) in [6, 6.07) is 7.67. The number of oxime groups is 2. The lowest BCUT2D eigenvalue weighted by Crippen LogP contribution is -2.78. The van der Waals surface area contributed by atoms with E-state index in [1.165, 1.54) is 52.3 Å². The summed E-state index contributed by atoms with van der Waals surface area (Å²) in [5, 5.41) is 57.7. The first kappa shape index (κ1) is 68.6. The third kappa shape index (κ3) is 13.6. The van der Waals surface area contributed by atoms with Gasteiger partial charge in [-0.3, -0.25) is 19.2 Å². The molecule has 10 rings (SSSR count). The number of β-lactam (4-membered cyclic amide) rings is 2. The highest BCUT2D eigenvalue weighted by molar-refractivity contribution is 7.81. The molecule has 0 saturated carbocycles. The van der Waals surface area contributed by atoms with E-state index < -0.39 is 116 Å². The predicted octanol–water partition coefficient (Wildman–Crippen LogP) is -1.08. The number of hydrogen-bond acceptors (Lipinski definition) is 26. The summed E-state index contributed by atoms with van der Waals surface area (Å²) in [7, 11) is -1.75. The summed E-state index contributed by atoms with van der Waals surface area (Å²) in [4.78, 5) is 102. The number of aromatic nitrogens is 6. The van der Waals surface area contributed by atoms with E-state index >= 15 is 0 Å². The zero-order valence-corrected chi connectivity index (χ0v) is 55.0. The number of nitrogens with one attached hydrogen (secondary N) is 2. The van der Waals surface area contributed by atoms with Crippen molar-refractivity contribution in [3.63, 3.8) is 0 Å². The molecule has 14 N–H and O–H groups in total. The number of nitrogen functional groups attached to an aromatic ring is 2. The topological polar surface area (TPSA) is 476 Å². The molecular weight excluding hydrogens is 1300 g/mol. The van der Waals surface area contributed by atoms with E-state index in [0.29, 0.717) is 34.5 Å². The first-order valence-electron chi connectivity index (χ1n) is 29.5. The fraction of sp³-hybridized carbons (Fsp3) is 0.448. The number of aliphatic hydroxyl groups excluding tert-OH is 2. The number of fused-ring (bicyclic) bond motifs is 2. The second kappa shape index (κ2) is 26.2. The number of aliphatic carboxylic acids is 2. The Morgan fingerprint density at radius 1 is 0.695 bits per heavy atom. The Labute approximate surface area is 550 Å². The van der Waals surface area contributed by atoms with Gasteiger partial charge in [-0.05, 0) is 114 Å². The predicted molar refractivity (Wildman–Crippen MR) is 335 cm³/mol. The molecule has 0 aliphatic carbocycles. The number of amides is 4. The molecule has 95 heavy (non-hydrogen) atoms. The van der Waals surface area contributed by atoms with E-state index in [0.717, 1.165) is 56.1 Å². The van der Waals surface area contributed by atoms with Gasteiger partial charge in [-0.2, -0.15) is 27.9 Å². The lowest BCUT2D eigenvalue weighted by molar-refractivity contribution is -0.754. The summed E-state index contributed by atoms with van der Waals surface area (Å²) in [5.74, 6) is -6.81. The monoisotopic (exact) mass is 1380 g/mol. The fourth-order valence-electron chi connectivity index (χ4n) is 11.1. The lowest BCUT2D eigenvalue weighted by atomic mass is 9.84. The summed E-state index contributed by atoms with van der Waals surface area (Å²) in [5.41, 5.74) is 18.5. The highest BCUT2D eigenvalue weighted by Crippen LogP contribution is 2.40. The van der Waals surface area contributed by atoms with E-state index in [1.807, 2.05) is 69.7 Å². The second-order valence-electron chi connectivity index (χ2n) is 24.5. The minimum Gasteiger partial charge on any atom is -0.485 e. The highest BCUT2D eigenvalue weighted by atomic mass is 32.3. The first-order chi connectivity index (χ1) is 44.7. The molecule has 2 saturated heterocycles. The van der Waals surface area contributed by atoms with E-state index in [1.54, 1.807) is 24.3 Å². The van der Waals surface area contributed by atoms with Gasteiger partial charge in [-0.25, -0.2) is 19.6 Å². The number of aliphatic hydroxyl groups is 2. The van der Waals surface area contributed by atoms with Gasteiger partial charge >= 0.3 is 22.3 Å². The molecule has 0 unspecified atom stereocenters. The summed E-state index contributed by atoms with van der Waals surface area (Å²) in [6.07, 6.45) is 4.60. The van der Waals surface area contributed by atoms with Gasteiger partial charge in [0.05, 0.1) is 46.8 Å². The Hall–Kier alpha value is -9.21. The average Bonchev–Trinajstić information content (AvgIpc) is 0.904. The van der Waals surface area contributed by atoms with Crippen molar-refractivity contribution in [3.05, 3.63) is 94.5 Å². The highest BCUT2D eigenvalue weighted by Gasteiger charge is 2.62. The maximum atomic E-state index is 14.2. The van der Waals surface area contributed by atoms with Crippen molar-refractivity contribution in [1.29, 1.82) is 0 Å². The number of carboxylic acids is 2. The van der Waals surface area contributed by atoms with E-state index in [4.69, 9.17) is 50.7 Å². The number of carbonyl (C=O) groups excluding carboxylic acids is 4. The lowest BCUT2D eigenvalue weighted by Gasteiger charge is -2.52. The Balaban J connectivity index is 0.772. The molecule has 34 nitrogen and oxygen atoms in total. The molecule has 4 aromatic heterocycles. The van der Waals surface area contributed by atoms with Crippen LogP contribution in [0, 0.1) is 0 Å². The molecule has 8 heterocycles. The van der Waals surface area contributed by atoms with Crippen LogP contribution in [0.4, 0.5) is 10.3 Å². The number of nitrogens with zero attached hydrogens (tertiary/aromatic N) is 10. The normalized spacial score (nSPS) is 21.1. The quantitative estimate of drug-likeness (QED) is 0.0134.